The van der Waals surface area contributed by atoms with E-state index in [4.69, 9.17) is 4.74 Å². The number of carboxylic acids is 1. The van der Waals surface area contributed by atoms with Crippen LogP contribution in [-0.4, -0.2) is 13.1 Å². The van der Waals surface area contributed by atoms with Crippen LogP contribution < -0.4 is 9.84 Å². The summed E-state index contributed by atoms with van der Waals surface area (Å²) in [6.45, 7) is 1.65. The molecule has 0 unspecified atom stereocenters. The van der Waals surface area contributed by atoms with Gasteiger partial charge in [-0.25, -0.2) is 0 Å². The molecule has 0 fully saturated rings. The minimum atomic E-state index is -1.20. The van der Waals surface area contributed by atoms with Crippen molar-refractivity contribution >= 4 is 11.5 Å². The van der Waals surface area contributed by atoms with E-state index in [0.717, 1.165) is 0 Å². The number of carbonyl (C=O) groups is 1. The van der Waals surface area contributed by atoms with E-state index in [9.17, 15) is 9.90 Å². The Labute approximate surface area is 82.6 Å². The fraction of sp³-hybridized carbons (Fsp3) is 0.182. The first-order valence-corrected chi connectivity index (χ1v) is 4.21. The van der Waals surface area contributed by atoms with Gasteiger partial charge in [0.15, 0.2) is 0 Å². The number of benzene rings is 1. The predicted molar refractivity (Wildman–Crippen MR) is 51.7 cm³/mol. The lowest BCUT2D eigenvalue weighted by molar-refractivity contribution is -0.295. The van der Waals surface area contributed by atoms with E-state index >= 15 is 0 Å². The second kappa shape index (κ2) is 4.46. The van der Waals surface area contributed by atoms with Gasteiger partial charge < -0.3 is 14.6 Å². The minimum absolute atomic E-state index is 0.141. The highest BCUT2D eigenvalue weighted by atomic mass is 16.5. The molecule has 0 saturated carbocycles. The molecule has 74 valence electrons. The summed E-state index contributed by atoms with van der Waals surface area (Å²) in [6.07, 6.45) is 1.49. The van der Waals surface area contributed by atoms with Gasteiger partial charge in [0.25, 0.3) is 0 Å². The zero-order valence-electron chi connectivity index (χ0n) is 8.11. The molecule has 3 nitrogen and oxygen atoms in total. The van der Waals surface area contributed by atoms with Gasteiger partial charge in [0.05, 0.1) is 13.1 Å². The third-order valence-corrected chi connectivity index (χ3v) is 1.91. The van der Waals surface area contributed by atoms with E-state index in [0.29, 0.717) is 11.3 Å². The van der Waals surface area contributed by atoms with Gasteiger partial charge in [-0.3, -0.25) is 0 Å². The lowest BCUT2D eigenvalue weighted by Gasteiger charge is -2.12. The van der Waals surface area contributed by atoms with Gasteiger partial charge in [-0.2, -0.15) is 0 Å². The van der Waals surface area contributed by atoms with Gasteiger partial charge in [-0.15, -0.1) is 0 Å². The Kier molecular flexibility index (Phi) is 3.29. The van der Waals surface area contributed by atoms with Crippen LogP contribution in [0.2, 0.25) is 0 Å². The summed E-state index contributed by atoms with van der Waals surface area (Å²) in [4.78, 5) is 10.8. The summed E-state index contributed by atoms with van der Waals surface area (Å²) in [7, 11) is 1.50. The second-order valence-corrected chi connectivity index (χ2v) is 2.69. The number of para-hydroxylation sites is 1. The maximum atomic E-state index is 10.8. The molecule has 0 heterocycles. The highest BCUT2D eigenvalue weighted by molar-refractivity contribution is 6.14. The van der Waals surface area contributed by atoms with Gasteiger partial charge in [0.2, 0.25) is 0 Å². The Bertz CT molecular complexity index is 367. The van der Waals surface area contributed by atoms with E-state index in [-0.39, 0.29) is 5.57 Å². The van der Waals surface area contributed by atoms with E-state index in [1.165, 1.54) is 13.2 Å². The molecule has 1 rings (SSSR count). The lowest BCUT2D eigenvalue weighted by Crippen LogP contribution is -2.23. The standard InChI is InChI=1S/C11H12O3/c1-3-8(11(12)13)9-6-4-5-7-10(9)14-2/h3-7H,1-2H3,(H,12,13)/p-1/b8-3+. The fourth-order valence-electron chi connectivity index (χ4n) is 1.25. The lowest BCUT2D eigenvalue weighted by atomic mass is 10.1. The number of hydrogen-bond acceptors (Lipinski definition) is 3. The molecular weight excluding hydrogens is 180 g/mol. The van der Waals surface area contributed by atoms with Crippen molar-refractivity contribution in [1.29, 1.82) is 0 Å². The summed E-state index contributed by atoms with van der Waals surface area (Å²) in [5.74, 6) is -0.665. The summed E-state index contributed by atoms with van der Waals surface area (Å²) < 4.78 is 5.05. The molecule has 0 radical (unpaired) electrons. The highest BCUT2D eigenvalue weighted by Crippen LogP contribution is 2.24. The van der Waals surface area contributed by atoms with Crippen molar-refractivity contribution in [1.82, 2.24) is 0 Å². The molecule has 0 amide bonds. The largest absolute Gasteiger partial charge is 0.545 e. The van der Waals surface area contributed by atoms with Crippen LogP contribution in [0.3, 0.4) is 0 Å². The third kappa shape index (κ3) is 1.93. The Morgan fingerprint density at radius 2 is 2.07 bits per heavy atom. The van der Waals surface area contributed by atoms with E-state index in [1.807, 2.05) is 0 Å². The van der Waals surface area contributed by atoms with Crippen molar-refractivity contribution in [2.45, 2.75) is 6.92 Å². The molecule has 3 heteroatoms. The number of allylic oxidation sites excluding steroid dienone is 1. The Balaban J connectivity index is 3.23. The van der Waals surface area contributed by atoms with Crippen LogP contribution in [0.1, 0.15) is 12.5 Å². The summed E-state index contributed by atoms with van der Waals surface area (Å²) >= 11 is 0. The molecule has 1 aromatic rings. The molecule has 0 aliphatic rings. The first-order chi connectivity index (χ1) is 6.70. The molecule has 0 atom stereocenters. The maximum absolute atomic E-state index is 10.8. The van der Waals surface area contributed by atoms with E-state index in [1.54, 1.807) is 31.2 Å². The molecule has 0 N–H and O–H groups in total. The third-order valence-electron chi connectivity index (χ3n) is 1.91. The van der Waals surface area contributed by atoms with Crippen molar-refractivity contribution in [2.75, 3.05) is 7.11 Å². The normalized spacial score (nSPS) is 11.1. The molecule has 0 aliphatic heterocycles. The summed E-state index contributed by atoms with van der Waals surface area (Å²) in [5, 5.41) is 10.8. The molecule has 0 spiro atoms. The number of methoxy groups -OCH3 is 1. The van der Waals surface area contributed by atoms with Gasteiger partial charge in [-0.05, 0) is 13.0 Å². The average Bonchev–Trinajstić information content (AvgIpc) is 2.19. The number of rotatable bonds is 3. The molecule has 0 aromatic heterocycles. The van der Waals surface area contributed by atoms with Crippen LogP contribution in [0.4, 0.5) is 0 Å². The number of carbonyl (C=O) groups excluding carboxylic acids is 1. The van der Waals surface area contributed by atoms with Gasteiger partial charge in [-0.1, -0.05) is 24.3 Å². The van der Waals surface area contributed by atoms with Crippen molar-refractivity contribution in [3.63, 3.8) is 0 Å². The zero-order valence-corrected chi connectivity index (χ0v) is 8.11. The molecular formula is C11H11O3-. The van der Waals surface area contributed by atoms with Crippen molar-refractivity contribution in [3.05, 3.63) is 35.9 Å². The SMILES string of the molecule is C/C=C(/C(=O)[O-])c1ccccc1OC. The van der Waals surface area contributed by atoms with E-state index < -0.39 is 5.97 Å². The average molecular weight is 191 g/mol. The van der Waals surface area contributed by atoms with Crippen LogP contribution in [0.5, 0.6) is 5.75 Å². The van der Waals surface area contributed by atoms with Crippen molar-refractivity contribution < 1.29 is 14.6 Å². The van der Waals surface area contributed by atoms with Gasteiger partial charge in [0, 0.05) is 11.1 Å². The summed E-state index contributed by atoms with van der Waals surface area (Å²) in [5.41, 5.74) is 0.681. The van der Waals surface area contributed by atoms with Gasteiger partial charge in [0.1, 0.15) is 5.75 Å². The predicted octanol–water partition coefficient (Wildman–Crippen LogP) is 0.848. The first kappa shape index (κ1) is 10.3. The van der Waals surface area contributed by atoms with Crippen LogP contribution in [-0.2, 0) is 4.79 Å². The topological polar surface area (TPSA) is 49.4 Å². The molecule has 0 aliphatic carbocycles. The first-order valence-electron chi connectivity index (χ1n) is 4.21. The Morgan fingerprint density at radius 3 is 2.57 bits per heavy atom. The smallest absolute Gasteiger partial charge is 0.126 e. The van der Waals surface area contributed by atoms with E-state index in [2.05, 4.69) is 0 Å². The second-order valence-electron chi connectivity index (χ2n) is 2.69. The minimum Gasteiger partial charge on any atom is -0.545 e. The Morgan fingerprint density at radius 1 is 1.43 bits per heavy atom. The zero-order chi connectivity index (χ0) is 10.6. The number of aliphatic carboxylic acids is 1. The fourth-order valence-corrected chi connectivity index (χ4v) is 1.25. The molecule has 0 bridgehead atoms. The van der Waals surface area contributed by atoms with Crippen molar-refractivity contribution in [3.8, 4) is 5.75 Å². The van der Waals surface area contributed by atoms with Crippen molar-refractivity contribution in [2.24, 2.45) is 0 Å². The van der Waals surface area contributed by atoms with Crippen LogP contribution in [0.25, 0.3) is 5.57 Å². The molecule has 0 saturated heterocycles. The number of hydrogen-bond donors (Lipinski definition) is 0. The Hall–Kier alpha value is -1.77. The highest BCUT2D eigenvalue weighted by Gasteiger charge is 2.06. The number of carboxylic acid groups (broad SMARTS) is 1. The van der Waals surface area contributed by atoms with Crippen LogP contribution in [0, 0.1) is 0 Å². The quantitative estimate of drug-likeness (QED) is 0.665. The molecule has 14 heavy (non-hydrogen) atoms. The monoisotopic (exact) mass is 191 g/mol. The number of ether oxygens (including phenoxy) is 1. The van der Waals surface area contributed by atoms with Gasteiger partial charge >= 0.3 is 0 Å². The summed E-state index contributed by atoms with van der Waals surface area (Å²) in [6, 6.07) is 6.93. The maximum Gasteiger partial charge on any atom is 0.126 e. The van der Waals surface area contributed by atoms with Crippen LogP contribution >= 0.6 is 0 Å². The van der Waals surface area contributed by atoms with Crippen LogP contribution in [0.15, 0.2) is 30.3 Å². The molecule has 1 aromatic carbocycles.